The molecular weight excluding hydrogens is 302 g/mol. The van der Waals surface area contributed by atoms with Crippen LogP contribution in [-0.2, 0) is 0 Å². The van der Waals surface area contributed by atoms with Crippen LogP contribution in [0.15, 0.2) is 0 Å². The van der Waals surface area contributed by atoms with Crippen molar-refractivity contribution in [2.45, 2.75) is 40.7 Å². The van der Waals surface area contributed by atoms with Crippen molar-refractivity contribution < 1.29 is 14.7 Å². The predicted molar refractivity (Wildman–Crippen MR) is 84.7 cm³/mol. The van der Waals surface area contributed by atoms with Gasteiger partial charge in [-0.3, -0.25) is 4.79 Å². The number of rotatable bonds is 4. The second kappa shape index (κ2) is 5.92. The number of aryl methyl sites for hydroxylation is 3. The standard InChI is InChI=1S/C15H19N3O3S/c1-6-11(7(2)16-12(6)15(20)21)14(19)17-8(3)13-9(4)22-10(5)18-13/h8,16H,1-5H3,(H,17,19)(H,20,21)/t8-/m1/s1. The number of H-pyrrole nitrogens is 1. The first-order valence-corrected chi connectivity index (χ1v) is 7.71. The lowest BCUT2D eigenvalue weighted by atomic mass is 10.1. The Morgan fingerprint density at radius 2 is 1.91 bits per heavy atom. The van der Waals surface area contributed by atoms with Crippen LogP contribution in [0, 0.1) is 27.7 Å². The van der Waals surface area contributed by atoms with Crippen molar-refractivity contribution in [2.24, 2.45) is 0 Å². The topological polar surface area (TPSA) is 95.1 Å². The molecule has 0 saturated carbocycles. The summed E-state index contributed by atoms with van der Waals surface area (Å²) in [6.45, 7) is 9.09. The quantitative estimate of drug-likeness (QED) is 0.807. The van der Waals surface area contributed by atoms with E-state index in [1.165, 1.54) is 0 Å². The van der Waals surface area contributed by atoms with Crippen LogP contribution in [0.5, 0.6) is 0 Å². The number of aromatic nitrogens is 2. The molecule has 0 saturated heterocycles. The van der Waals surface area contributed by atoms with E-state index in [1.54, 1.807) is 25.2 Å². The van der Waals surface area contributed by atoms with Gasteiger partial charge in [0.15, 0.2) is 0 Å². The fourth-order valence-corrected chi connectivity index (χ4v) is 3.50. The monoisotopic (exact) mass is 321 g/mol. The molecule has 22 heavy (non-hydrogen) atoms. The van der Waals surface area contributed by atoms with Crippen LogP contribution >= 0.6 is 11.3 Å². The SMILES string of the molecule is Cc1nc([C@@H](C)NC(=O)c2c(C)[nH]c(C(=O)O)c2C)c(C)s1. The molecule has 2 rings (SSSR count). The Morgan fingerprint density at radius 3 is 2.36 bits per heavy atom. The van der Waals surface area contributed by atoms with Crippen molar-refractivity contribution in [3.05, 3.63) is 38.1 Å². The van der Waals surface area contributed by atoms with Gasteiger partial charge in [0.1, 0.15) is 5.69 Å². The highest BCUT2D eigenvalue weighted by molar-refractivity contribution is 7.11. The number of aromatic amines is 1. The maximum atomic E-state index is 12.5. The van der Waals surface area contributed by atoms with Crippen LogP contribution in [0.2, 0.25) is 0 Å². The molecule has 1 amide bonds. The minimum Gasteiger partial charge on any atom is -0.477 e. The molecule has 0 radical (unpaired) electrons. The molecule has 7 heteroatoms. The lowest BCUT2D eigenvalue weighted by Gasteiger charge is -2.13. The van der Waals surface area contributed by atoms with Gasteiger partial charge in [0, 0.05) is 10.6 Å². The summed E-state index contributed by atoms with van der Waals surface area (Å²) in [5, 5.41) is 13.0. The predicted octanol–water partition coefficient (Wildman–Crippen LogP) is 2.89. The second-order valence-corrected chi connectivity index (χ2v) is 6.71. The minimum absolute atomic E-state index is 0.0518. The molecule has 0 aromatic carbocycles. The molecule has 0 bridgehead atoms. The summed E-state index contributed by atoms with van der Waals surface area (Å²) in [4.78, 5) is 31.9. The number of nitrogens with one attached hydrogen (secondary N) is 2. The summed E-state index contributed by atoms with van der Waals surface area (Å²) in [6, 6.07) is -0.237. The van der Waals surface area contributed by atoms with E-state index in [9.17, 15) is 9.59 Å². The smallest absolute Gasteiger partial charge is 0.352 e. The second-order valence-electron chi connectivity index (χ2n) is 5.30. The number of thiazole rings is 1. The maximum absolute atomic E-state index is 12.5. The lowest BCUT2D eigenvalue weighted by molar-refractivity contribution is 0.0690. The Bertz CT molecular complexity index is 746. The summed E-state index contributed by atoms with van der Waals surface area (Å²) in [6.07, 6.45) is 0. The fourth-order valence-electron chi connectivity index (χ4n) is 2.59. The van der Waals surface area contributed by atoms with E-state index in [-0.39, 0.29) is 17.6 Å². The summed E-state index contributed by atoms with van der Waals surface area (Å²) >= 11 is 1.59. The Kier molecular flexibility index (Phi) is 4.37. The molecule has 0 aliphatic heterocycles. The molecule has 2 aromatic rings. The van der Waals surface area contributed by atoms with Crippen molar-refractivity contribution in [1.29, 1.82) is 0 Å². The number of hydrogen-bond acceptors (Lipinski definition) is 4. The van der Waals surface area contributed by atoms with Gasteiger partial charge < -0.3 is 15.4 Å². The van der Waals surface area contributed by atoms with E-state index in [1.807, 2.05) is 20.8 Å². The molecule has 2 aromatic heterocycles. The zero-order valence-corrected chi connectivity index (χ0v) is 14.0. The number of carbonyl (C=O) groups is 2. The molecule has 6 nitrogen and oxygen atoms in total. The third-order valence-electron chi connectivity index (χ3n) is 3.58. The first-order valence-electron chi connectivity index (χ1n) is 6.89. The van der Waals surface area contributed by atoms with E-state index < -0.39 is 5.97 Å². The van der Waals surface area contributed by atoms with Gasteiger partial charge in [-0.2, -0.15) is 0 Å². The molecule has 2 heterocycles. The van der Waals surface area contributed by atoms with E-state index in [4.69, 9.17) is 5.11 Å². The Morgan fingerprint density at radius 1 is 1.27 bits per heavy atom. The molecular formula is C15H19N3O3S. The van der Waals surface area contributed by atoms with Crippen LogP contribution in [0.4, 0.5) is 0 Å². The molecule has 3 N–H and O–H groups in total. The van der Waals surface area contributed by atoms with Crippen LogP contribution < -0.4 is 5.32 Å². The number of nitrogens with zero attached hydrogens (tertiary/aromatic N) is 1. The molecule has 0 fully saturated rings. The summed E-state index contributed by atoms with van der Waals surface area (Å²) in [7, 11) is 0. The molecule has 1 atom stereocenters. The van der Waals surface area contributed by atoms with Gasteiger partial charge in [-0.15, -0.1) is 11.3 Å². The number of carboxylic acids is 1. The van der Waals surface area contributed by atoms with Crippen LogP contribution in [0.3, 0.4) is 0 Å². The van der Waals surface area contributed by atoms with E-state index >= 15 is 0 Å². The number of carboxylic acid groups (broad SMARTS) is 1. The van der Waals surface area contributed by atoms with Gasteiger partial charge in [0.05, 0.1) is 22.3 Å². The largest absolute Gasteiger partial charge is 0.477 e. The maximum Gasteiger partial charge on any atom is 0.352 e. The van der Waals surface area contributed by atoms with Crippen LogP contribution in [0.1, 0.15) is 60.6 Å². The van der Waals surface area contributed by atoms with E-state index in [0.29, 0.717) is 16.8 Å². The summed E-state index contributed by atoms with van der Waals surface area (Å²) in [5.74, 6) is -1.37. The van der Waals surface area contributed by atoms with Gasteiger partial charge in [-0.1, -0.05) is 0 Å². The highest BCUT2D eigenvalue weighted by Gasteiger charge is 2.23. The van der Waals surface area contributed by atoms with E-state index in [2.05, 4.69) is 15.3 Å². The van der Waals surface area contributed by atoms with Crippen molar-refractivity contribution in [2.75, 3.05) is 0 Å². The molecule has 0 aliphatic carbocycles. The summed E-state index contributed by atoms with van der Waals surface area (Å²) < 4.78 is 0. The van der Waals surface area contributed by atoms with Crippen molar-refractivity contribution in [3.63, 3.8) is 0 Å². The Labute approximate surface area is 132 Å². The van der Waals surface area contributed by atoms with Gasteiger partial charge in [0.25, 0.3) is 5.91 Å². The molecule has 0 spiro atoms. The van der Waals surface area contributed by atoms with Gasteiger partial charge in [0.2, 0.25) is 0 Å². The zero-order valence-electron chi connectivity index (χ0n) is 13.2. The summed E-state index contributed by atoms with van der Waals surface area (Å²) in [5.41, 5.74) is 2.27. The number of carbonyl (C=O) groups excluding carboxylic acids is 1. The van der Waals surface area contributed by atoms with Crippen LogP contribution in [-0.4, -0.2) is 27.0 Å². The fraction of sp³-hybridized carbons (Fsp3) is 0.400. The molecule has 118 valence electrons. The third-order valence-corrected chi connectivity index (χ3v) is 4.48. The average Bonchev–Trinajstić information content (AvgIpc) is 2.89. The molecule has 0 aliphatic rings. The Hall–Kier alpha value is -2.15. The van der Waals surface area contributed by atoms with Crippen molar-refractivity contribution in [3.8, 4) is 0 Å². The van der Waals surface area contributed by atoms with Gasteiger partial charge in [-0.05, 0) is 40.2 Å². The normalized spacial score (nSPS) is 12.2. The first-order chi connectivity index (χ1) is 10.2. The van der Waals surface area contributed by atoms with Crippen LogP contribution in [0.25, 0.3) is 0 Å². The van der Waals surface area contributed by atoms with Gasteiger partial charge >= 0.3 is 5.97 Å². The number of amides is 1. The number of hydrogen-bond donors (Lipinski definition) is 3. The first kappa shape index (κ1) is 16.2. The Balaban J connectivity index is 2.26. The highest BCUT2D eigenvalue weighted by atomic mass is 32.1. The molecule has 0 unspecified atom stereocenters. The van der Waals surface area contributed by atoms with Gasteiger partial charge in [-0.25, -0.2) is 9.78 Å². The third kappa shape index (κ3) is 2.89. The highest BCUT2D eigenvalue weighted by Crippen LogP contribution is 2.24. The van der Waals surface area contributed by atoms with Crippen molar-refractivity contribution >= 4 is 23.2 Å². The van der Waals surface area contributed by atoms with E-state index in [0.717, 1.165) is 15.6 Å². The minimum atomic E-state index is -1.07. The van der Waals surface area contributed by atoms with Crippen molar-refractivity contribution in [1.82, 2.24) is 15.3 Å². The lowest BCUT2D eigenvalue weighted by Crippen LogP contribution is -2.28. The zero-order chi connectivity index (χ0) is 16.6. The average molecular weight is 321 g/mol. The number of aromatic carboxylic acids is 1.